The molecule has 2 rings (SSSR count). The monoisotopic (exact) mass is 945 g/mol. The quantitative estimate of drug-likeness (QED) is 0.0339. The average molecular weight is 945 g/mol. The molecule has 68 heavy (non-hydrogen) atoms. The number of amides is 6. The minimum absolute atomic E-state index is 0.141. The van der Waals surface area contributed by atoms with Gasteiger partial charge in [-0.05, 0) is 80.8 Å². The van der Waals surface area contributed by atoms with Crippen molar-refractivity contribution in [3.8, 4) is 0 Å². The molecular weight excluding hydrogens is 863 g/mol. The number of rotatable bonds is 29. The Morgan fingerprint density at radius 2 is 1.31 bits per heavy atom. The molecule has 1 aromatic rings. The molecule has 0 spiro atoms. The molecular formula is C53H82N7O8. The van der Waals surface area contributed by atoms with E-state index in [9.17, 15) is 38.4 Å². The van der Waals surface area contributed by atoms with Gasteiger partial charge in [-0.2, -0.15) is 0 Å². The fourth-order valence-corrected chi connectivity index (χ4v) is 8.79. The lowest BCUT2D eigenvalue weighted by Gasteiger charge is -2.41. The average Bonchev–Trinajstić information content (AvgIpc) is 3.80. The summed E-state index contributed by atoms with van der Waals surface area (Å²) in [6, 6.07) is 4.06. The lowest BCUT2D eigenvalue weighted by Crippen LogP contribution is -2.63. The van der Waals surface area contributed by atoms with Crippen molar-refractivity contribution >= 4 is 47.5 Å². The highest BCUT2D eigenvalue weighted by molar-refractivity contribution is 6.14. The number of hydrogen-bond donors (Lipinski definition) is 2. The largest absolute Gasteiger partial charge is 0.370 e. The first-order valence-corrected chi connectivity index (χ1v) is 24.5. The third-order valence-corrected chi connectivity index (χ3v) is 13.0. The standard InChI is InChI=1S/C53H82N7O8/c1-12-13-14-15-16-17-18-19-20-21-22-23-27-32-43(62)53(36-61,35-44(54)63)59(11)49(65)41-31-28-33-60(41)52(68)47(39(6)7)58(10)51(67)46(38(4)5)57(9)48(64)42(34-40-29-25-24-26-30-40)56(8)50(66)45(55)37(2)3/h16-17,22-27,29-30,32,37-39,41-42,45-47H,12-15,18-21,28,31,33-35,55H2,1-11H3,(H2,54,63)/t41-,42-,45-,46-,47-,53-/m0/s1. The topological polar surface area (TPSA) is 205 Å². The highest BCUT2D eigenvalue weighted by atomic mass is 16.2. The predicted molar refractivity (Wildman–Crippen MR) is 267 cm³/mol. The number of likely N-dealkylation sites (N-methyl/N-ethyl adjacent to an activating group) is 4. The van der Waals surface area contributed by atoms with Crippen molar-refractivity contribution in [3.63, 3.8) is 0 Å². The Bertz CT molecular complexity index is 1930. The number of likely N-dealkylation sites (tertiary alicyclic amines) is 1. The second kappa shape index (κ2) is 28.8. The molecule has 0 bridgehead atoms. The van der Waals surface area contributed by atoms with E-state index in [4.69, 9.17) is 11.5 Å². The SMILES string of the molecule is CCCCCC=CCCCCC=CC=CC(=O)[C@@]([C]=O)(CC(N)=O)N(C)C(=O)[C@@H]1CCCN1C(=O)[C@H](C(C)C)N(C)C(=O)[C@H](C(C)C)N(C)C(=O)[C@H](Cc1ccccc1)N(C)C(=O)[C@@H](N)C(C)C. The van der Waals surface area contributed by atoms with E-state index in [2.05, 4.69) is 19.1 Å². The first kappa shape index (κ1) is 58.7. The molecule has 0 aromatic heterocycles. The van der Waals surface area contributed by atoms with Gasteiger partial charge in [0.15, 0.2) is 11.3 Å². The van der Waals surface area contributed by atoms with Crippen LogP contribution in [0.25, 0.3) is 0 Å². The van der Waals surface area contributed by atoms with E-state index in [-0.39, 0.29) is 25.3 Å². The third kappa shape index (κ3) is 16.1. The molecule has 1 radical (unpaired) electrons. The summed E-state index contributed by atoms with van der Waals surface area (Å²) in [7, 11) is 5.76. The van der Waals surface area contributed by atoms with Crippen LogP contribution in [-0.4, -0.2) is 142 Å². The highest BCUT2D eigenvalue weighted by Gasteiger charge is 2.50. The second-order valence-electron chi connectivity index (χ2n) is 19.3. The maximum Gasteiger partial charge on any atom is 0.246 e. The van der Waals surface area contributed by atoms with Crippen molar-refractivity contribution in [3.05, 3.63) is 72.4 Å². The molecule has 4 N–H and O–H groups in total. The van der Waals surface area contributed by atoms with E-state index in [1.165, 1.54) is 73.1 Å². The molecule has 15 nitrogen and oxygen atoms in total. The van der Waals surface area contributed by atoms with Gasteiger partial charge < -0.3 is 36.0 Å². The fraction of sp³-hybridized carbons (Fsp3) is 0.623. The molecule has 377 valence electrons. The summed E-state index contributed by atoms with van der Waals surface area (Å²) in [5.41, 5.74) is 10.2. The summed E-state index contributed by atoms with van der Waals surface area (Å²) in [5, 5.41) is 0. The lowest BCUT2D eigenvalue weighted by molar-refractivity contribution is -0.157. The summed E-state index contributed by atoms with van der Waals surface area (Å²) in [6.07, 6.45) is 20.6. The van der Waals surface area contributed by atoms with Crippen LogP contribution >= 0.6 is 0 Å². The van der Waals surface area contributed by atoms with Gasteiger partial charge in [-0.25, -0.2) is 0 Å². The minimum Gasteiger partial charge on any atom is -0.370 e. The van der Waals surface area contributed by atoms with Crippen LogP contribution in [0.15, 0.2) is 66.8 Å². The van der Waals surface area contributed by atoms with Crippen LogP contribution in [0.2, 0.25) is 0 Å². The Morgan fingerprint density at radius 3 is 1.84 bits per heavy atom. The number of benzene rings is 1. The first-order chi connectivity index (χ1) is 32.1. The number of ketones is 1. The van der Waals surface area contributed by atoms with Crippen LogP contribution in [0.5, 0.6) is 0 Å². The number of nitrogens with zero attached hydrogens (tertiary/aromatic N) is 5. The Hall–Kier alpha value is -5.44. The molecule has 0 unspecified atom stereocenters. The van der Waals surface area contributed by atoms with Crippen LogP contribution in [0.4, 0.5) is 0 Å². The molecule has 15 heteroatoms. The molecule has 1 aliphatic rings. The zero-order chi connectivity index (χ0) is 51.3. The molecule has 1 fully saturated rings. The van der Waals surface area contributed by atoms with Crippen LogP contribution in [0.1, 0.15) is 125 Å². The predicted octanol–water partition coefficient (Wildman–Crippen LogP) is 5.56. The van der Waals surface area contributed by atoms with Gasteiger partial charge in [0.2, 0.25) is 41.7 Å². The van der Waals surface area contributed by atoms with E-state index < -0.39 is 95.2 Å². The van der Waals surface area contributed by atoms with Crippen LogP contribution < -0.4 is 11.5 Å². The summed E-state index contributed by atoms with van der Waals surface area (Å²) in [6.45, 7) is 13.1. The van der Waals surface area contributed by atoms with Crippen molar-refractivity contribution < 1.29 is 38.4 Å². The summed E-state index contributed by atoms with van der Waals surface area (Å²) in [5.74, 6) is -5.71. The maximum atomic E-state index is 14.7. The van der Waals surface area contributed by atoms with Gasteiger partial charge in [0.25, 0.3) is 0 Å². The Labute approximate surface area is 406 Å². The van der Waals surface area contributed by atoms with Crippen molar-refractivity contribution in [2.24, 2.45) is 29.2 Å². The van der Waals surface area contributed by atoms with Gasteiger partial charge in [-0.1, -0.05) is 122 Å². The number of unbranched alkanes of at least 4 members (excludes halogenated alkanes) is 6. The van der Waals surface area contributed by atoms with E-state index in [0.717, 1.165) is 48.6 Å². The first-order valence-electron chi connectivity index (χ1n) is 24.5. The van der Waals surface area contributed by atoms with E-state index in [1.54, 1.807) is 40.1 Å². The molecule has 1 aromatic carbocycles. The van der Waals surface area contributed by atoms with E-state index in [0.29, 0.717) is 6.42 Å². The molecule has 6 amide bonds. The van der Waals surface area contributed by atoms with Crippen LogP contribution in [0.3, 0.4) is 0 Å². The molecule has 1 aliphatic heterocycles. The molecule has 0 saturated carbocycles. The van der Waals surface area contributed by atoms with Gasteiger partial charge in [0, 0.05) is 41.2 Å². The van der Waals surface area contributed by atoms with Crippen LogP contribution in [-0.2, 0) is 44.8 Å². The van der Waals surface area contributed by atoms with Crippen LogP contribution in [0, 0.1) is 17.8 Å². The Kier molecular flexibility index (Phi) is 24.8. The normalized spacial score (nSPS) is 16.8. The number of allylic oxidation sites excluding steroid dienone is 5. The number of hydrogen-bond acceptors (Lipinski definition) is 9. The molecule has 1 heterocycles. The molecule has 0 aliphatic carbocycles. The molecule has 1 saturated heterocycles. The van der Waals surface area contributed by atoms with Crippen molar-refractivity contribution in [1.82, 2.24) is 24.5 Å². The number of carbonyl (C=O) groups is 7. The number of nitrogens with two attached hydrogens (primary N) is 2. The third-order valence-electron chi connectivity index (χ3n) is 13.0. The Balaban J connectivity index is 2.37. The zero-order valence-corrected chi connectivity index (χ0v) is 42.8. The van der Waals surface area contributed by atoms with E-state index >= 15 is 0 Å². The van der Waals surface area contributed by atoms with Gasteiger partial charge in [0.1, 0.15) is 24.2 Å². The zero-order valence-electron chi connectivity index (χ0n) is 42.8. The lowest BCUT2D eigenvalue weighted by atomic mass is 9.88. The smallest absolute Gasteiger partial charge is 0.246 e. The summed E-state index contributed by atoms with van der Waals surface area (Å²) in [4.78, 5) is 117. The van der Waals surface area contributed by atoms with E-state index in [1.807, 2.05) is 50.3 Å². The number of primary amides is 1. The van der Waals surface area contributed by atoms with Gasteiger partial charge in [-0.3, -0.25) is 38.4 Å². The summed E-state index contributed by atoms with van der Waals surface area (Å²) >= 11 is 0. The van der Waals surface area contributed by atoms with Crippen molar-refractivity contribution in [2.75, 3.05) is 34.7 Å². The Morgan fingerprint density at radius 1 is 0.750 bits per heavy atom. The fourth-order valence-electron chi connectivity index (χ4n) is 8.79. The van der Waals surface area contributed by atoms with Gasteiger partial charge >= 0.3 is 0 Å². The highest BCUT2D eigenvalue weighted by Crippen LogP contribution is 2.29. The van der Waals surface area contributed by atoms with Gasteiger partial charge in [0.05, 0.1) is 12.5 Å². The maximum absolute atomic E-state index is 14.7. The second-order valence-corrected chi connectivity index (χ2v) is 19.3. The van der Waals surface area contributed by atoms with Gasteiger partial charge in [-0.15, -0.1) is 0 Å². The molecule has 6 atom stereocenters. The minimum atomic E-state index is -2.39. The van der Waals surface area contributed by atoms with Crippen molar-refractivity contribution in [1.29, 1.82) is 0 Å². The summed E-state index contributed by atoms with van der Waals surface area (Å²) < 4.78 is 0. The number of carbonyl (C=O) groups excluding carboxylic acids is 8. The van der Waals surface area contributed by atoms with Crippen molar-refractivity contribution in [2.45, 2.75) is 161 Å².